The van der Waals surface area contributed by atoms with Gasteiger partial charge in [0.05, 0.1) is 17.7 Å². The molecule has 0 spiro atoms. The van der Waals surface area contributed by atoms with E-state index in [1.54, 1.807) is 6.08 Å². The third-order valence-corrected chi connectivity index (χ3v) is 7.15. The minimum Gasteiger partial charge on any atom is -0.511 e. The fraction of sp³-hybridized carbons (Fsp3) is 0.519. The van der Waals surface area contributed by atoms with Gasteiger partial charge in [0.2, 0.25) is 0 Å². The summed E-state index contributed by atoms with van der Waals surface area (Å²) in [7, 11) is 5.70. The number of likely N-dealkylation sites (N-methyl/N-ethyl adjacent to an activating group) is 1. The summed E-state index contributed by atoms with van der Waals surface area (Å²) in [6.45, 7) is 5.66. The molecule has 0 aromatic heterocycles. The second-order valence-corrected chi connectivity index (χ2v) is 10.1. The molecule has 0 fully saturated rings. The number of phenols is 1. The van der Waals surface area contributed by atoms with Crippen LogP contribution in [0.25, 0.3) is 0 Å². The van der Waals surface area contributed by atoms with Crippen LogP contribution in [-0.4, -0.2) is 71.9 Å². The number of aliphatic hydroxyl groups is 2. The molecule has 0 saturated carbocycles. The predicted molar refractivity (Wildman–Crippen MR) is 134 cm³/mol. The number of benzene rings is 1. The Morgan fingerprint density at radius 2 is 1.86 bits per heavy atom. The lowest BCUT2D eigenvalue weighted by Gasteiger charge is -2.35. The van der Waals surface area contributed by atoms with Crippen molar-refractivity contribution in [3.8, 4) is 5.75 Å². The zero-order valence-corrected chi connectivity index (χ0v) is 21.0. The molecule has 0 saturated heterocycles. The summed E-state index contributed by atoms with van der Waals surface area (Å²) >= 11 is 0. The first-order valence-corrected chi connectivity index (χ1v) is 12.0. The molecule has 2 aliphatic rings. The zero-order valence-electron chi connectivity index (χ0n) is 21.0. The highest BCUT2D eigenvalue weighted by atomic mass is 16.3. The molecule has 3 rings (SSSR count). The largest absolute Gasteiger partial charge is 0.511 e. The van der Waals surface area contributed by atoms with Crippen LogP contribution in [0.1, 0.15) is 47.7 Å². The first-order valence-electron chi connectivity index (χ1n) is 12.0. The highest BCUT2D eigenvalue weighted by Gasteiger charge is 2.41. The minimum atomic E-state index is -0.786. The van der Waals surface area contributed by atoms with E-state index in [4.69, 9.17) is 0 Å². The Balaban J connectivity index is 1.93. The summed E-state index contributed by atoms with van der Waals surface area (Å²) in [5.41, 5.74) is 2.44. The second-order valence-electron chi connectivity index (χ2n) is 10.1. The Morgan fingerprint density at radius 1 is 1.17 bits per heavy atom. The normalized spacial score (nSPS) is 22.4. The maximum atomic E-state index is 13.3. The Kier molecular flexibility index (Phi) is 8.18. The van der Waals surface area contributed by atoms with E-state index >= 15 is 0 Å². The van der Waals surface area contributed by atoms with Crippen LogP contribution in [0.4, 0.5) is 5.69 Å². The smallest absolute Gasteiger partial charge is 0.175 e. The molecule has 3 atom stereocenters. The summed E-state index contributed by atoms with van der Waals surface area (Å²) in [6.07, 6.45) is 3.06. The fourth-order valence-electron chi connectivity index (χ4n) is 5.56. The molecule has 0 bridgehead atoms. The third-order valence-electron chi connectivity index (χ3n) is 7.15. The molecular formula is C27H36N2O6. The Labute approximate surface area is 206 Å². The van der Waals surface area contributed by atoms with E-state index < -0.39 is 24.1 Å². The summed E-state index contributed by atoms with van der Waals surface area (Å²) in [4.78, 5) is 41.8. The number of nitrogens with zero attached hydrogens (tertiary/aromatic N) is 2. The van der Waals surface area contributed by atoms with Gasteiger partial charge in [0.1, 0.15) is 11.5 Å². The van der Waals surface area contributed by atoms with Crippen LogP contribution in [0, 0.1) is 17.8 Å². The first-order chi connectivity index (χ1) is 16.5. The first kappa shape index (κ1) is 26.6. The lowest BCUT2D eigenvalue weighted by molar-refractivity contribution is -0.127. The van der Waals surface area contributed by atoms with Crippen molar-refractivity contribution in [2.24, 2.45) is 17.8 Å². The molecule has 3 N–H and O–H groups in total. The Morgan fingerprint density at radius 3 is 2.43 bits per heavy atom. The maximum absolute atomic E-state index is 13.3. The lowest BCUT2D eigenvalue weighted by atomic mass is 9.70. The van der Waals surface area contributed by atoms with Gasteiger partial charge in [0, 0.05) is 57.2 Å². The second kappa shape index (κ2) is 10.7. The molecule has 35 heavy (non-hydrogen) atoms. The van der Waals surface area contributed by atoms with Gasteiger partial charge in [-0.15, -0.1) is 6.58 Å². The average Bonchev–Trinajstić information content (AvgIpc) is 2.75. The van der Waals surface area contributed by atoms with Gasteiger partial charge in [-0.1, -0.05) is 6.08 Å². The van der Waals surface area contributed by atoms with E-state index in [1.807, 2.05) is 37.0 Å². The predicted octanol–water partition coefficient (Wildman–Crippen LogP) is 2.81. The average molecular weight is 485 g/mol. The standard InChI is InChI=1S/C27H36N2O6/c1-6-7-29(5)13-18-11-21(28(3)4)19-9-16(10-22(32)25(19)26(18)34)8-17-12-23(33)24(15(2)31)27(35)20(17)14-30/h6,11,16-17,20,30,33-34H,1,7-10,12-14H2,2-5H3. The summed E-state index contributed by atoms with van der Waals surface area (Å²) in [6, 6.07) is 1.91. The van der Waals surface area contributed by atoms with Crippen LogP contribution < -0.4 is 4.90 Å². The molecule has 2 aliphatic carbocycles. The van der Waals surface area contributed by atoms with Crippen molar-refractivity contribution >= 4 is 23.0 Å². The quantitative estimate of drug-likeness (QED) is 0.362. The van der Waals surface area contributed by atoms with Gasteiger partial charge in [-0.3, -0.25) is 19.3 Å². The van der Waals surface area contributed by atoms with Crippen molar-refractivity contribution in [1.29, 1.82) is 0 Å². The highest BCUT2D eigenvalue weighted by Crippen LogP contribution is 2.44. The molecular weight excluding hydrogens is 448 g/mol. The molecule has 0 aliphatic heterocycles. The van der Waals surface area contributed by atoms with Gasteiger partial charge < -0.3 is 20.2 Å². The molecule has 0 radical (unpaired) electrons. The zero-order chi connectivity index (χ0) is 26.0. The number of rotatable bonds is 9. The summed E-state index contributed by atoms with van der Waals surface area (Å²) in [5, 5.41) is 31.3. The van der Waals surface area contributed by atoms with Crippen molar-refractivity contribution in [3.63, 3.8) is 0 Å². The van der Waals surface area contributed by atoms with Crippen LogP contribution in [-0.2, 0) is 22.6 Å². The molecule has 0 amide bonds. The number of Topliss-reactive ketones (excluding diaryl/α,β-unsaturated/α-hetero) is 3. The lowest BCUT2D eigenvalue weighted by Crippen LogP contribution is -2.37. The highest BCUT2D eigenvalue weighted by molar-refractivity contribution is 6.21. The molecule has 1 aromatic carbocycles. The number of carbonyl (C=O) groups excluding carboxylic acids is 3. The minimum absolute atomic E-state index is 0.0118. The summed E-state index contributed by atoms with van der Waals surface area (Å²) in [5.74, 6) is -2.71. The summed E-state index contributed by atoms with van der Waals surface area (Å²) < 4.78 is 0. The van der Waals surface area contributed by atoms with Gasteiger partial charge in [0.15, 0.2) is 17.3 Å². The number of carbonyl (C=O) groups is 3. The fourth-order valence-corrected chi connectivity index (χ4v) is 5.56. The number of hydrogen-bond donors (Lipinski definition) is 3. The van der Waals surface area contributed by atoms with Crippen molar-refractivity contribution in [1.82, 2.24) is 4.90 Å². The van der Waals surface area contributed by atoms with Crippen molar-refractivity contribution < 1.29 is 29.7 Å². The molecule has 8 heteroatoms. The van der Waals surface area contributed by atoms with Crippen LogP contribution >= 0.6 is 0 Å². The number of phenolic OH excluding ortho intramolecular Hbond substituents is 1. The molecule has 0 heterocycles. The van der Waals surface area contributed by atoms with E-state index in [-0.39, 0.29) is 47.5 Å². The van der Waals surface area contributed by atoms with E-state index in [0.29, 0.717) is 37.1 Å². The number of aromatic hydroxyl groups is 1. The van der Waals surface area contributed by atoms with E-state index in [9.17, 15) is 29.7 Å². The van der Waals surface area contributed by atoms with Gasteiger partial charge in [0.25, 0.3) is 0 Å². The van der Waals surface area contributed by atoms with Gasteiger partial charge in [-0.2, -0.15) is 0 Å². The van der Waals surface area contributed by atoms with Crippen molar-refractivity contribution in [2.45, 2.75) is 39.2 Å². The van der Waals surface area contributed by atoms with E-state index in [0.717, 1.165) is 11.3 Å². The third kappa shape index (κ3) is 5.33. The number of hydrogen-bond acceptors (Lipinski definition) is 8. The van der Waals surface area contributed by atoms with E-state index in [2.05, 4.69) is 6.58 Å². The number of aliphatic hydroxyl groups excluding tert-OH is 2. The monoisotopic (exact) mass is 484 g/mol. The molecule has 190 valence electrons. The molecule has 8 nitrogen and oxygen atoms in total. The number of fused-ring (bicyclic) bond motifs is 1. The molecule has 1 aromatic rings. The van der Waals surface area contributed by atoms with Crippen molar-refractivity contribution in [3.05, 3.63) is 46.7 Å². The molecule has 3 unspecified atom stereocenters. The van der Waals surface area contributed by atoms with Crippen LogP contribution in [0.15, 0.2) is 30.1 Å². The van der Waals surface area contributed by atoms with Crippen LogP contribution in [0.2, 0.25) is 0 Å². The van der Waals surface area contributed by atoms with Gasteiger partial charge >= 0.3 is 0 Å². The topological polar surface area (TPSA) is 118 Å². The number of anilines is 1. The van der Waals surface area contributed by atoms with E-state index in [1.165, 1.54) is 6.92 Å². The van der Waals surface area contributed by atoms with Crippen LogP contribution in [0.3, 0.4) is 0 Å². The van der Waals surface area contributed by atoms with Crippen molar-refractivity contribution in [2.75, 3.05) is 39.2 Å². The SMILES string of the molecule is C=CCN(C)Cc1cc(N(C)C)c2c(c1O)C(=O)CC(CC1CC(O)=C(C(C)=O)C(=O)C1CO)C2. The Hall–Kier alpha value is -2.97. The van der Waals surface area contributed by atoms with Crippen LogP contribution in [0.5, 0.6) is 5.75 Å². The Bertz CT molecular complexity index is 1070. The maximum Gasteiger partial charge on any atom is 0.175 e. The number of ketones is 3. The van der Waals surface area contributed by atoms with Gasteiger partial charge in [-0.25, -0.2) is 0 Å². The van der Waals surface area contributed by atoms with Gasteiger partial charge in [-0.05, 0) is 50.3 Å². The number of allylic oxidation sites excluding steroid dienone is 2.